The Kier molecular flexibility index (Phi) is 6.61. The van der Waals surface area contributed by atoms with Crippen LogP contribution in [0.2, 0.25) is 0 Å². The summed E-state index contributed by atoms with van der Waals surface area (Å²) in [4.78, 5) is 11.0. The average molecular weight is 335 g/mol. The van der Waals surface area contributed by atoms with Crippen LogP contribution in [0.25, 0.3) is 0 Å². The molecule has 0 atom stereocenters. The van der Waals surface area contributed by atoms with Gasteiger partial charge in [0.2, 0.25) is 0 Å². The van der Waals surface area contributed by atoms with Gasteiger partial charge in [-0.3, -0.25) is 0 Å². The molecule has 0 saturated carbocycles. The number of carbonyl (C=O) groups excluding carboxylic acids is 1. The number of methoxy groups -OCH3 is 2. The second-order valence-corrected chi connectivity index (χ2v) is 5.27. The lowest BCUT2D eigenvalue weighted by Gasteiger charge is -2.14. The number of rotatable bonds is 6. The van der Waals surface area contributed by atoms with Gasteiger partial charge in [0.1, 0.15) is 10.7 Å². The molecule has 0 aliphatic rings. The second kappa shape index (κ2) is 7.98. The summed E-state index contributed by atoms with van der Waals surface area (Å²) in [5.41, 5.74) is -3.63. The number of alkyl halides is 3. The molecular formula is C14H16F3NO3S. The third-order valence-corrected chi connectivity index (χ3v) is 3.55. The molecule has 1 aromatic carbocycles. The van der Waals surface area contributed by atoms with Gasteiger partial charge in [-0.05, 0) is 36.4 Å². The number of hydrogen-bond acceptors (Lipinski definition) is 5. The smallest absolute Gasteiger partial charge is 0.446 e. The van der Waals surface area contributed by atoms with E-state index in [0.29, 0.717) is 5.75 Å². The third-order valence-electron chi connectivity index (χ3n) is 2.65. The molecule has 1 aromatic rings. The average Bonchev–Trinajstić information content (AvgIpc) is 2.49. The van der Waals surface area contributed by atoms with E-state index in [2.05, 4.69) is 10.1 Å². The second-order valence-electron chi connectivity index (χ2n) is 4.20. The van der Waals surface area contributed by atoms with Crippen molar-refractivity contribution >= 4 is 17.7 Å². The number of nitrogens with one attached hydrogen (secondary N) is 1. The zero-order valence-electron chi connectivity index (χ0n) is 12.3. The zero-order chi connectivity index (χ0) is 16.8. The molecule has 0 amide bonds. The van der Waals surface area contributed by atoms with Crippen molar-refractivity contribution in [2.75, 3.05) is 14.2 Å². The van der Waals surface area contributed by atoms with Crippen LogP contribution >= 0.6 is 11.8 Å². The van der Waals surface area contributed by atoms with Gasteiger partial charge in [0.25, 0.3) is 0 Å². The lowest BCUT2D eigenvalue weighted by Crippen LogP contribution is -2.18. The molecule has 0 aliphatic carbocycles. The van der Waals surface area contributed by atoms with E-state index in [1.54, 1.807) is 24.3 Å². The Bertz CT molecular complexity index is 541. The highest BCUT2D eigenvalue weighted by Crippen LogP contribution is 2.37. The first-order chi connectivity index (χ1) is 10.3. The normalized spacial score (nSPS) is 12.5. The largest absolute Gasteiger partial charge is 0.497 e. The van der Waals surface area contributed by atoms with E-state index in [1.165, 1.54) is 14.0 Å². The summed E-state index contributed by atoms with van der Waals surface area (Å²) < 4.78 is 46.9. The molecule has 1 rings (SSSR count). The maximum absolute atomic E-state index is 12.5. The highest BCUT2D eigenvalue weighted by atomic mass is 32.2. The lowest BCUT2D eigenvalue weighted by atomic mass is 10.2. The van der Waals surface area contributed by atoms with Crippen LogP contribution in [-0.4, -0.2) is 25.7 Å². The molecule has 0 heterocycles. The number of thioether (sulfide) groups is 1. The number of allylic oxidation sites excluding steroid dienone is 1. The minimum absolute atomic E-state index is 0.102. The van der Waals surface area contributed by atoms with E-state index < -0.39 is 28.1 Å². The molecule has 122 valence electrons. The van der Waals surface area contributed by atoms with Crippen LogP contribution in [0.5, 0.6) is 5.75 Å². The molecule has 0 bridgehead atoms. The fraction of sp³-hybridized carbons (Fsp3) is 0.357. The minimum atomic E-state index is -4.56. The molecule has 0 aromatic heterocycles. The Morgan fingerprint density at radius 2 is 1.82 bits per heavy atom. The predicted octanol–water partition coefficient (Wildman–Crippen LogP) is 3.44. The third kappa shape index (κ3) is 5.88. The molecule has 22 heavy (non-hydrogen) atoms. The molecule has 0 spiro atoms. The number of carbonyl (C=O) groups is 1. The summed E-state index contributed by atoms with van der Waals surface area (Å²) in [6.07, 6.45) is 0. The van der Waals surface area contributed by atoms with Crippen molar-refractivity contribution in [3.05, 3.63) is 40.4 Å². The first-order valence-corrected chi connectivity index (χ1v) is 7.00. The highest BCUT2D eigenvalue weighted by molar-refractivity contribution is 8.04. The van der Waals surface area contributed by atoms with Gasteiger partial charge in [0.15, 0.2) is 0 Å². The van der Waals surface area contributed by atoms with Crippen molar-refractivity contribution in [2.45, 2.75) is 19.0 Å². The van der Waals surface area contributed by atoms with Gasteiger partial charge in [-0.2, -0.15) is 13.2 Å². The van der Waals surface area contributed by atoms with Crippen molar-refractivity contribution in [1.82, 2.24) is 5.32 Å². The Labute approximate surface area is 130 Å². The van der Waals surface area contributed by atoms with E-state index in [9.17, 15) is 18.0 Å². The molecule has 0 saturated heterocycles. The van der Waals surface area contributed by atoms with Gasteiger partial charge in [-0.15, -0.1) is 0 Å². The summed E-state index contributed by atoms with van der Waals surface area (Å²) >= 11 is -0.494. The Morgan fingerprint density at radius 3 is 2.27 bits per heavy atom. The van der Waals surface area contributed by atoms with Crippen LogP contribution in [0.15, 0.2) is 34.9 Å². The van der Waals surface area contributed by atoms with Crippen molar-refractivity contribution < 1.29 is 27.4 Å². The summed E-state index contributed by atoms with van der Waals surface area (Å²) in [6.45, 7) is 1.67. The maximum Gasteiger partial charge on any atom is 0.446 e. The standard InChI is InChI=1S/C14H16F3NO3S/c1-9(12(13(19)21-3)22-14(15,16)17)18-8-10-4-6-11(20-2)7-5-10/h4-7,18H,8H2,1-3H3/b12-9+. The topological polar surface area (TPSA) is 47.6 Å². The molecule has 1 N–H and O–H groups in total. The van der Waals surface area contributed by atoms with Crippen LogP contribution < -0.4 is 10.1 Å². The van der Waals surface area contributed by atoms with Gasteiger partial charge < -0.3 is 14.8 Å². The van der Waals surface area contributed by atoms with Crippen molar-refractivity contribution in [1.29, 1.82) is 0 Å². The van der Waals surface area contributed by atoms with E-state index in [1.807, 2.05) is 0 Å². The Balaban J connectivity index is 2.82. The SMILES string of the molecule is COC(=O)/C(SC(F)(F)F)=C(/C)NCc1ccc(OC)cc1. The number of ether oxygens (including phenoxy) is 2. The molecule has 0 fully saturated rings. The van der Waals surface area contributed by atoms with E-state index in [-0.39, 0.29) is 12.2 Å². The quantitative estimate of drug-likeness (QED) is 0.637. The molecule has 0 unspecified atom stereocenters. The van der Waals surface area contributed by atoms with E-state index in [0.717, 1.165) is 12.7 Å². The van der Waals surface area contributed by atoms with Gasteiger partial charge in [0.05, 0.1) is 14.2 Å². The molecule has 8 heteroatoms. The van der Waals surface area contributed by atoms with Gasteiger partial charge >= 0.3 is 11.5 Å². The van der Waals surface area contributed by atoms with Crippen molar-refractivity contribution in [2.24, 2.45) is 0 Å². The van der Waals surface area contributed by atoms with Crippen LogP contribution in [-0.2, 0) is 16.1 Å². The molecule has 0 aliphatic heterocycles. The fourth-order valence-electron chi connectivity index (χ4n) is 1.54. The highest BCUT2D eigenvalue weighted by Gasteiger charge is 2.34. The first kappa shape index (κ1) is 18.2. The van der Waals surface area contributed by atoms with Crippen LogP contribution in [0.1, 0.15) is 12.5 Å². The predicted molar refractivity (Wildman–Crippen MR) is 78.2 cm³/mol. The monoisotopic (exact) mass is 335 g/mol. The van der Waals surface area contributed by atoms with Crippen LogP contribution in [0, 0.1) is 0 Å². The van der Waals surface area contributed by atoms with Gasteiger partial charge in [-0.1, -0.05) is 12.1 Å². The molecule has 0 radical (unpaired) electrons. The zero-order valence-corrected chi connectivity index (χ0v) is 13.1. The molecular weight excluding hydrogens is 319 g/mol. The Hall–Kier alpha value is -1.83. The van der Waals surface area contributed by atoms with E-state index in [4.69, 9.17) is 4.74 Å². The van der Waals surface area contributed by atoms with Crippen molar-refractivity contribution in [3.8, 4) is 5.75 Å². The lowest BCUT2D eigenvalue weighted by molar-refractivity contribution is -0.135. The number of benzene rings is 1. The summed E-state index contributed by atoms with van der Waals surface area (Å²) in [5, 5.41) is 2.79. The van der Waals surface area contributed by atoms with Crippen molar-refractivity contribution in [3.63, 3.8) is 0 Å². The minimum Gasteiger partial charge on any atom is -0.497 e. The van der Waals surface area contributed by atoms with Gasteiger partial charge in [-0.25, -0.2) is 4.79 Å². The van der Waals surface area contributed by atoms with E-state index >= 15 is 0 Å². The number of halogens is 3. The number of esters is 1. The molecule has 4 nitrogen and oxygen atoms in total. The fourth-order valence-corrected chi connectivity index (χ4v) is 2.16. The van der Waals surface area contributed by atoms with Crippen LogP contribution in [0.3, 0.4) is 0 Å². The first-order valence-electron chi connectivity index (χ1n) is 6.18. The number of hydrogen-bond donors (Lipinski definition) is 1. The maximum atomic E-state index is 12.5. The summed E-state index contributed by atoms with van der Waals surface area (Å²) in [7, 11) is 2.58. The van der Waals surface area contributed by atoms with Gasteiger partial charge in [0, 0.05) is 12.2 Å². The Morgan fingerprint density at radius 1 is 1.23 bits per heavy atom. The summed E-state index contributed by atoms with van der Waals surface area (Å²) in [6, 6.07) is 7.02. The summed E-state index contributed by atoms with van der Waals surface area (Å²) in [5.74, 6) is -0.346. The van der Waals surface area contributed by atoms with Crippen LogP contribution in [0.4, 0.5) is 13.2 Å².